The fourth-order valence-electron chi connectivity index (χ4n) is 2.94. The fourth-order valence-corrected chi connectivity index (χ4v) is 2.94. The van der Waals surface area contributed by atoms with E-state index in [1.165, 1.54) is 6.42 Å². The summed E-state index contributed by atoms with van der Waals surface area (Å²) in [4.78, 5) is 21.0. The Hall–Kier alpha value is -1.40. The van der Waals surface area contributed by atoms with Crippen molar-refractivity contribution in [2.24, 2.45) is 0 Å². The maximum Gasteiger partial charge on any atom is 0.223 e. The number of imidazole rings is 1. The van der Waals surface area contributed by atoms with E-state index in [2.05, 4.69) is 28.5 Å². The van der Waals surface area contributed by atoms with Crippen LogP contribution in [-0.4, -0.2) is 72.2 Å². The van der Waals surface area contributed by atoms with Gasteiger partial charge in [-0.15, -0.1) is 0 Å². The van der Waals surface area contributed by atoms with Crippen LogP contribution in [-0.2, 0) is 22.5 Å². The minimum absolute atomic E-state index is 0.243. The fraction of sp³-hybridized carbons (Fsp3) is 0.750. The maximum atomic E-state index is 12.4. The van der Waals surface area contributed by atoms with Crippen molar-refractivity contribution in [2.45, 2.75) is 38.3 Å². The molecule has 1 aromatic heterocycles. The standard InChI is InChI=1S/C16H28N4O2/c1-18(2)14-5-4-9-20(13-14)16(21)7-6-15-17-8-10-19(15)11-12-22-3/h8,10,14H,4-7,9,11-13H2,1-3H3/t14-/m0/s1. The van der Waals surface area contributed by atoms with Crippen LogP contribution in [0.2, 0.25) is 0 Å². The number of carbonyl (C=O) groups is 1. The largest absolute Gasteiger partial charge is 0.383 e. The summed E-state index contributed by atoms with van der Waals surface area (Å²) in [5, 5.41) is 0. The average molecular weight is 308 g/mol. The van der Waals surface area contributed by atoms with Gasteiger partial charge in [0, 0.05) is 58.0 Å². The molecular formula is C16H28N4O2. The number of amides is 1. The van der Waals surface area contributed by atoms with Gasteiger partial charge in [0.05, 0.1) is 6.61 Å². The molecule has 2 rings (SSSR count). The van der Waals surface area contributed by atoms with E-state index in [0.717, 1.165) is 31.9 Å². The number of carbonyl (C=O) groups excluding carboxylic acids is 1. The monoisotopic (exact) mass is 308 g/mol. The Bertz CT molecular complexity index is 472. The molecule has 1 fully saturated rings. The molecule has 22 heavy (non-hydrogen) atoms. The number of hydrogen-bond donors (Lipinski definition) is 0. The van der Waals surface area contributed by atoms with E-state index in [9.17, 15) is 4.79 Å². The van der Waals surface area contributed by atoms with Gasteiger partial charge in [0.15, 0.2) is 0 Å². The first-order valence-electron chi connectivity index (χ1n) is 8.05. The van der Waals surface area contributed by atoms with Crippen LogP contribution in [0.15, 0.2) is 12.4 Å². The van der Waals surface area contributed by atoms with E-state index in [4.69, 9.17) is 4.74 Å². The van der Waals surface area contributed by atoms with Gasteiger partial charge in [-0.3, -0.25) is 4.79 Å². The van der Waals surface area contributed by atoms with Crippen LogP contribution in [0.4, 0.5) is 0 Å². The van der Waals surface area contributed by atoms with Gasteiger partial charge in [-0.1, -0.05) is 0 Å². The zero-order valence-corrected chi connectivity index (χ0v) is 14.0. The molecule has 1 amide bonds. The lowest BCUT2D eigenvalue weighted by molar-refractivity contribution is -0.133. The lowest BCUT2D eigenvalue weighted by atomic mass is 10.0. The third kappa shape index (κ3) is 4.55. The molecular weight excluding hydrogens is 280 g/mol. The second-order valence-corrected chi connectivity index (χ2v) is 6.13. The number of likely N-dealkylation sites (N-methyl/N-ethyl adjacent to an activating group) is 1. The smallest absolute Gasteiger partial charge is 0.223 e. The molecule has 0 aliphatic carbocycles. The van der Waals surface area contributed by atoms with Crippen molar-refractivity contribution in [1.29, 1.82) is 0 Å². The summed E-state index contributed by atoms with van der Waals surface area (Å²) in [6, 6.07) is 0.487. The van der Waals surface area contributed by atoms with Crippen molar-refractivity contribution in [2.75, 3.05) is 40.9 Å². The second kappa shape index (κ2) is 8.29. The topological polar surface area (TPSA) is 50.6 Å². The molecule has 0 N–H and O–H groups in total. The van der Waals surface area contributed by atoms with Crippen LogP contribution < -0.4 is 0 Å². The van der Waals surface area contributed by atoms with Crippen LogP contribution >= 0.6 is 0 Å². The summed E-state index contributed by atoms with van der Waals surface area (Å²) in [6.07, 6.45) is 7.23. The molecule has 1 aromatic rings. The first-order valence-corrected chi connectivity index (χ1v) is 8.05. The van der Waals surface area contributed by atoms with Crippen molar-refractivity contribution in [3.05, 3.63) is 18.2 Å². The number of ether oxygens (including phenoxy) is 1. The molecule has 2 heterocycles. The first kappa shape index (κ1) is 17.0. The van der Waals surface area contributed by atoms with E-state index in [-0.39, 0.29) is 5.91 Å². The lowest BCUT2D eigenvalue weighted by Crippen LogP contribution is -2.47. The van der Waals surface area contributed by atoms with Gasteiger partial charge in [0.1, 0.15) is 5.82 Å². The number of aryl methyl sites for hydroxylation is 1. The Labute approximate surface area is 133 Å². The van der Waals surface area contributed by atoms with Crippen molar-refractivity contribution in [1.82, 2.24) is 19.4 Å². The predicted molar refractivity (Wildman–Crippen MR) is 85.7 cm³/mol. The highest BCUT2D eigenvalue weighted by molar-refractivity contribution is 5.76. The predicted octanol–water partition coefficient (Wildman–Crippen LogP) is 1.01. The van der Waals surface area contributed by atoms with Gasteiger partial charge in [0.2, 0.25) is 5.91 Å². The van der Waals surface area contributed by atoms with Crippen molar-refractivity contribution < 1.29 is 9.53 Å². The number of piperidine rings is 1. The van der Waals surface area contributed by atoms with Crippen LogP contribution in [0.25, 0.3) is 0 Å². The number of hydrogen-bond acceptors (Lipinski definition) is 4. The molecule has 0 aromatic carbocycles. The highest BCUT2D eigenvalue weighted by atomic mass is 16.5. The third-order valence-corrected chi connectivity index (χ3v) is 4.38. The van der Waals surface area contributed by atoms with Crippen molar-refractivity contribution >= 4 is 5.91 Å². The van der Waals surface area contributed by atoms with E-state index in [1.807, 2.05) is 11.1 Å². The number of aromatic nitrogens is 2. The van der Waals surface area contributed by atoms with Gasteiger partial charge in [-0.2, -0.15) is 0 Å². The molecule has 6 nitrogen and oxygen atoms in total. The third-order valence-electron chi connectivity index (χ3n) is 4.38. The Kier molecular flexibility index (Phi) is 6.39. The average Bonchev–Trinajstić information content (AvgIpc) is 2.98. The molecule has 0 unspecified atom stereocenters. The van der Waals surface area contributed by atoms with Gasteiger partial charge in [0.25, 0.3) is 0 Å². The minimum atomic E-state index is 0.243. The Morgan fingerprint density at radius 2 is 2.32 bits per heavy atom. The van der Waals surface area contributed by atoms with Crippen molar-refractivity contribution in [3.63, 3.8) is 0 Å². The van der Waals surface area contributed by atoms with Crippen molar-refractivity contribution in [3.8, 4) is 0 Å². The summed E-state index contributed by atoms with van der Waals surface area (Å²) < 4.78 is 7.16. The molecule has 124 valence electrons. The first-order chi connectivity index (χ1) is 10.6. The molecule has 1 saturated heterocycles. The number of methoxy groups -OCH3 is 1. The number of likely N-dealkylation sites (tertiary alicyclic amines) is 1. The highest BCUT2D eigenvalue weighted by Crippen LogP contribution is 2.15. The van der Waals surface area contributed by atoms with Gasteiger partial charge in [-0.05, 0) is 26.9 Å². The van der Waals surface area contributed by atoms with Gasteiger partial charge >= 0.3 is 0 Å². The number of rotatable bonds is 7. The molecule has 0 saturated carbocycles. The van der Waals surface area contributed by atoms with Crippen LogP contribution in [0.5, 0.6) is 0 Å². The van der Waals surface area contributed by atoms with E-state index in [1.54, 1.807) is 13.3 Å². The quantitative estimate of drug-likeness (QED) is 0.754. The lowest BCUT2D eigenvalue weighted by Gasteiger charge is -2.36. The normalized spacial score (nSPS) is 18.9. The Morgan fingerprint density at radius 3 is 3.05 bits per heavy atom. The zero-order chi connectivity index (χ0) is 15.9. The van der Waals surface area contributed by atoms with Crippen LogP contribution in [0.1, 0.15) is 25.1 Å². The molecule has 0 bridgehead atoms. The summed E-state index contributed by atoms with van der Waals surface area (Å²) in [6.45, 7) is 3.19. The van der Waals surface area contributed by atoms with Gasteiger partial charge in [-0.25, -0.2) is 4.98 Å². The SMILES string of the molecule is COCCn1ccnc1CCC(=O)N1CCC[C@H](N(C)C)C1. The summed E-state index contributed by atoms with van der Waals surface area (Å²) in [7, 11) is 5.87. The molecule has 1 atom stereocenters. The van der Waals surface area contributed by atoms with Gasteiger partial charge < -0.3 is 19.1 Å². The minimum Gasteiger partial charge on any atom is -0.383 e. The van der Waals surface area contributed by atoms with Crippen LogP contribution in [0.3, 0.4) is 0 Å². The van der Waals surface area contributed by atoms with E-state index < -0.39 is 0 Å². The second-order valence-electron chi connectivity index (χ2n) is 6.13. The molecule has 0 spiro atoms. The molecule has 6 heteroatoms. The van der Waals surface area contributed by atoms with Crippen LogP contribution in [0, 0.1) is 0 Å². The van der Waals surface area contributed by atoms with E-state index >= 15 is 0 Å². The summed E-state index contributed by atoms with van der Waals surface area (Å²) in [5.74, 6) is 1.21. The summed E-state index contributed by atoms with van der Waals surface area (Å²) >= 11 is 0. The Morgan fingerprint density at radius 1 is 1.50 bits per heavy atom. The zero-order valence-electron chi connectivity index (χ0n) is 14.0. The highest BCUT2D eigenvalue weighted by Gasteiger charge is 2.24. The Balaban J connectivity index is 1.83. The number of nitrogens with zero attached hydrogens (tertiary/aromatic N) is 4. The molecule has 1 aliphatic heterocycles. The maximum absolute atomic E-state index is 12.4. The summed E-state index contributed by atoms with van der Waals surface area (Å²) in [5.41, 5.74) is 0. The molecule has 1 aliphatic rings. The molecule has 0 radical (unpaired) electrons. The van der Waals surface area contributed by atoms with E-state index in [0.29, 0.717) is 25.5 Å².